The first-order valence-electron chi connectivity index (χ1n) is 6.30. The molecule has 126 valence electrons. The van der Waals surface area contributed by atoms with Gasteiger partial charge in [0.05, 0.1) is 10.6 Å². The van der Waals surface area contributed by atoms with Crippen molar-refractivity contribution >= 4 is 17.3 Å². The molecular formula is C14H9F3N2O5. The maximum absolute atomic E-state index is 12.1. The zero-order chi connectivity index (χ0) is 17.9. The summed E-state index contributed by atoms with van der Waals surface area (Å²) in [4.78, 5) is 22.0. The molecule has 0 fully saturated rings. The number of non-ortho nitro benzene ring substituents is 1. The Labute approximate surface area is 132 Å². The summed E-state index contributed by atoms with van der Waals surface area (Å²) >= 11 is 0. The van der Waals surface area contributed by atoms with Crippen molar-refractivity contribution in [3.05, 3.63) is 58.1 Å². The van der Waals surface area contributed by atoms with E-state index in [4.69, 9.17) is 0 Å². The number of nitrogens with one attached hydrogen (secondary N) is 1. The number of hydrogen-bond acceptors (Lipinski definition) is 5. The highest BCUT2D eigenvalue weighted by Crippen LogP contribution is 2.28. The molecule has 1 amide bonds. The summed E-state index contributed by atoms with van der Waals surface area (Å²) in [6.45, 7) is 0. The first-order chi connectivity index (χ1) is 11.2. The van der Waals surface area contributed by atoms with E-state index >= 15 is 0 Å². The van der Waals surface area contributed by atoms with E-state index < -0.39 is 28.7 Å². The van der Waals surface area contributed by atoms with Crippen molar-refractivity contribution in [3.63, 3.8) is 0 Å². The molecule has 0 aliphatic rings. The number of anilines is 1. The van der Waals surface area contributed by atoms with E-state index in [1.54, 1.807) is 0 Å². The summed E-state index contributed by atoms with van der Waals surface area (Å²) < 4.78 is 39.8. The Morgan fingerprint density at radius 3 is 2.33 bits per heavy atom. The maximum Gasteiger partial charge on any atom is 0.573 e. The van der Waals surface area contributed by atoms with Crippen LogP contribution in [0.15, 0.2) is 42.5 Å². The minimum atomic E-state index is -4.85. The second-order valence-corrected chi connectivity index (χ2v) is 4.48. The minimum absolute atomic E-state index is 0.0320. The normalized spacial score (nSPS) is 11.0. The maximum atomic E-state index is 12.1. The summed E-state index contributed by atoms with van der Waals surface area (Å²) in [6.07, 6.45) is -4.85. The number of nitro benzene ring substituents is 1. The predicted octanol–water partition coefficient (Wildman–Crippen LogP) is 3.45. The number of alkyl halides is 3. The van der Waals surface area contributed by atoms with Crippen LogP contribution in [0.25, 0.3) is 0 Å². The number of rotatable bonds is 4. The van der Waals surface area contributed by atoms with Crippen molar-refractivity contribution in [2.75, 3.05) is 5.32 Å². The van der Waals surface area contributed by atoms with E-state index in [0.29, 0.717) is 0 Å². The molecule has 24 heavy (non-hydrogen) atoms. The van der Waals surface area contributed by atoms with Gasteiger partial charge in [-0.15, -0.1) is 13.2 Å². The largest absolute Gasteiger partial charge is 0.573 e. The van der Waals surface area contributed by atoms with Crippen molar-refractivity contribution in [2.24, 2.45) is 0 Å². The molecule has 2 rings (SSSR count). The highest BCUT2D eigenvalue weighted by Gasteiger charge is 2.31. The zero-order valence-electron chi connectivity index (χ0n) is 11.7. The number of phenols is 1. The van der Waals surface area contributed by atoms with Crippen LogP contribution in [0.2, 0.25) is 0 Å². The first-order valence-corrected chi connectivity index (χ1v) is 6.30. The summed E-state index contributed by atoms with van der Waals surface area (Å²) in [5.74, 6) is -1.67. The molecule has 0 aliphatic heterocycles. The van der Waals surface area contributed by atoms with Gasteiger partial charge in [-0.1, -0.05) is 0 Å². The standard InChI is InChI=1S/C14H9F3N2O5/c15-14(16,17)24-10-4-1-8(2-5-10)13(21)18-11-7-9(19(22)23)3-6-12(11)20/h1-7,20H,(H,18,21). The number of aromatic hydroxyl groups is 1. The molecule has 0 aromatic heterocycles. The number of halogens is 3. The van der Waals surface area contributed by atoms with E-state index in [-0.39, 0.29) is 16.9 Å². The lowest BCUT2D eigenvalue weighted by Gasteiger charge is -2.10. The molecule has 2 aromatic carbocycles. The molecule has 0 saturated heterocycles. The van der Waals surface area contributed by atoms with Gasteiger partial charge in [-0.05, 0) is 30.3 Å². The van der Waals surface area contributed by atoms with Gasteiger partial charge in [-0.2, -0.15) is 0 Å². The number of nitro groups is 1. The average molecular weight is 342 g/mol. The predicted molar refractivity (Wildman–Crippen MR) is 75.8 cm³/mol. The Hall–Kier alpha value is -3.30. The van der Waals surface area contributed by atoms with Crippen LogP contribution in [0.3, 0.4) is 0 Å². The Morgan fingerprint density at radius 2 is 1.79 bits per heavy atom. The molecule has 10 heteroatoms. The van der Waals surface area contributed by atoms with E-state index in [1.165, 1.54) is 0 Å². The zero-order valence-corrected chi connectivity index (χ0v) is 11.7. The molecule has 0 spiro atoms. The van der Waals surface area contributed by atoms with Crippen molar-refractivity contribution in [3.8, 4) is 11.5 Å². The lowest BCUT2D eigenvalue weighted by molar-refractivity contribution is -0.384. The average Bonchev–Trinajstić information content (AvgIpc) is 2.48. The highest BCUT2D eigenvalue weighted by atomic mass is 19.4. The second-order valence-electron chi connectivity index (χ2n) is 4.48. The second kappa shape index (κ2) is 6.44. The van der Waals surface area contributed by atoms with Gasteiger partial charge >= 0.3 is 6.36 Å². The third kappa shape index (κ3) is 4.35. The molecule has 0 bridgehead atoms. The van der Waals surface area contributed by atoms with Gasteiger partial charge in [0.2, 0.25) is 0 Å². The minimum Gasteiger partial charge on any atom is -0.506 e. The number of phenolic OH excluding ortho intramolecular Hbond substituents is 1. The molecule has 0 aliphatic carbocycles. The topological polar surface area (TPSA) is 102 Å². The monoisotopic (exact) mass is 342 g/mol. The third-order valence-electron chi connectivity index (χ3n) is 2.79. The van der Waals surface area contributed by atoms with Crippen LogP contribution < -0.4 is 10.1 Å². The molecule has 2 N–H and O–H groups in total. The van der Waals surface area contributed by atoms with Crippen LogP contribution in [-0.4, -0.2) is 22.3 Å². The van der Waals surface area contributed by atoms with Crippen LogP contribution in [0.4, 0.5) is 24.5 Å². The summed E-state index contributed by atoms with van der Waals surface area (Å²) in [5.41, 5.74) is -0.586. The first kappa shape index (κ1) is 17.1. The summed E-state index contributed by atoms with van der Waals surface area (Å²) in [5, 5.41) is 22.5. The Kier molecular flexibility index (Phi) is 4.58. The van der Waals surface area contributed by atoms with Crippen molar-refractivity contribution in [2.45, 2.75) is 6.36 Å². The Balaban J connectivity index is 2.15. The van der Waals surface area contributed by atoms with Gasteiger partial charge in [0.15, 0.2) is 0 Å². The number of amides is 1. The van der Waals surface area contributed by atoms with Crippen molar-refractivity contribution in [1.82, 2.24) is 0 Å². The van der Waals surface area contributed by atoms with Crippen molar-refractivity contribution < 1.29 is 32.7 Å². The molecule has 0 atom stereocenters. The fourth-order valence-electron chi connectivity index (χ4n) is 1.74. The Morgan fingerprint density at radius 1 is 1.17 bits per heavy atom. The van der Waals surface area contributed by atoms with Crippen molar-refractivity contribution in [1.29, 1.82) is 0 Å². The van der Waals surface area contributed by atoms with E-state index in [0.717, 1.165) is 42.5 Å². The Bertz CT molecular complexity index is 775. The lowest BCUT2D eigenvalue weighted by Crippen LogP contribution is -2.17. The van der Waals surface area contributed by atoms with E-state index in [2.05, 4.69) is 10.1 Å². The van der Waals surface area contributed by atoms with Gasteiger partial charge in [0.1, 0.15) is 11.5 Å². The number of carbonyl (C=O) groups excluding carboxylic acids is 1. The summed E-state index contributed by atoms with van der Waals surface area (Å²) in [7, 11) is 0. The SMILES string of the molecule is O=C(Nc1cc([N+](=O)[O-])ccc1O)c1ccc(OC(F)(F)F)cc1. The fourth-order valence-corrected chi connectivity index (χ4v) is 1.74. The smallest absolute Gasteiger partial charge is 0.506 e. The lowest BCUT2D eigenvalue weighted by atomic mass is 10.2. The van der Waals surface area contributed by atoms with E-state index in [9.17, 15) is 33.2 Å². The molecule has 0 heterocycles. The van der Waals surface area contributed by atoms with Gasteiger partial charge in [0.25, 0.3) is 11.6 Å². The van der Waals surface area contributed by atoms with Gasteiger partial charge < -0.3 is 15.2 Å². The van der Waals surface area contributed by atoms with Crippen LogP contribution in [-0.2, 0) is 0 Å². The highest BCUT2D eigenvalue weighted by molar-refractivity contribution is 6.05. The number of benzene rings is 2. The van der Waals surface area contributed by atoms with Crippen LogP contribution >= 0.6 is 0 Å². The van der Waals surface area contributed by atoms with Gasteiger partial charge in [-0.3, -0.25) is 14.9 Å². The number of ether oxygens (including phenoxy) is 1. The fraction of sp³-hybridized carbons (Fsp3) is 0.0714. The number of nitrogens with zero attached hydrogens (tertiary/aromatic N) is 1. The van der Waals surface area contributed by atoms with Crippen LogP contribution in [0, 0.1) is 10.1 Å². The molecule has 0 saturated carbocycles. The number of hydrogen-bond donors (Lipinski definition) is 2. The van der Waals surface area contributed by atoms with E-state index in [1.807, 2.05) is 0 Å². The van der Waals surface area contributed by atoms with Crippen LogP contribution in [0.1, 0.15) is 10.4 Å². The molecular weight excluding hydrogens is 333 g/mol. The molecule has 7 nitrogen and oxygen atoms in total. The summed E-state index contributed by atoms with van der Waals surface area (Å²) in [6, 6.07) is 7.07. The third-order valence-corrected chi connectivity index (χ3v) is 2.79. The van der Waals surface area contributed by atoms with Gasteiger partial charge in [-0.25, -0.2) is 0 Å². The molecule has 0 radical (unpaired) electrons. The molecule has 0 unspecified atom stereocenters. The number of carbonyl (C=O) groups is 1. The molecule has 2 aromatic rings. The van der Waals surface area contributed by atoms with Crippen LogP contribution in [0.5, 0.6) is 11.5 Å². The van der Waals surface area contributed by atoms with Gasteiger partial charge in [0, 0.05) is 17.7 Å². The quantitative estimate of drug-likeness (QED) is 0.503.